The third-order valence-corrected chi connectivity index (χ3v) is 3.83. The van der Waals surface area contributed by atoms with Crippen LogP contribution in [0.4, 0.5) is 0 Å². The number of nitrogens with one attached hydrogen (secondary N) is 1. The molecule has 2 aromatic carbocycles. The van der Waals surface area contributed by atoms with Crippen LogP contribution in [0.2, 0.25) is 0 Å². The molecule has 0 aliphatic heterocycles. The second kappa shape index (κ2) is 7.81. The fourth-order valence-corrected chi connectivity index (χ4v) is 2.59. The molecule has 25 heavy (non-hydrogen) atoms. The first-order valence-electron chi connectivity index (χ1n) is 8.19. The van der Waals surface area contributed by atoms with Gasteiger partial charge in [0.25, 0.3) is 0 Å². The quantitative estimate of drug-likeness (QED) is 0.691. The number of rotatable bonds is 7. The fourth-order valence-electron chi connectivity index (χ4n) is 2.59. The lowest BCUT2D eigenvalue weighted by atomic mass is 10.3. The molecule has 130 valence electrons. The van der Waals surface area contributed by atoms with Gasteiger partial charge in [0.05, 0.1) is 17.6 Å². The third kappa shape index (κ3) is 4.16. The molecule has 0 saturated heterocycles. The summed E-state index contributed by atoms with van der Waals surface area (Å²) in [5.41, 5.74) is 1.69. The first-order valence-corrected chi connectivity index (χ1v) is 8.19. The zero-order valence-electron chi connectivity index (χ0n) is 14.1. The SMILES string of the molecule is CC(CO)NC(=O)Cn1c(COc2ccccc2)nc2ccccc21. The monoisotopic (exact) mass is 339 g/mol. The number of carbonyl (C=O) groups is 1. The Morgan fingerprint density at radius 2 is 1.92 bits per heavy atom. The van der Waals surface area contributed by atoms with Crippen molar-refractivity contribution < 1.29 is 14.6 Å². The number of hydrogen-bond donors (Lipinski definition) is 2. The number of amides is 1. The van der Waals surface area contributed by atoms with Crippen LogP contribution >= 0.6 is 0 Å². The van der Waals surface area contributed by atoms with E-state index < -0.39 is 0 Å². The Balaban J connectivity index is 1.83. The van der Waals surface area contributed by atoms with Crippen molar-refractivity contribution >= 4 is 16.9 Å². The van der Waals surface area contributed by atoms with E-state index >= 15 is 0 Å². The summed E-state index contributed by atoms with van der Waals surface area (Å²) in [4.78, 5) is 16.8. The molecule has 0 fully saturated rings. The number of nitrogens with zero attached hydrogens (tertiary/aromatic N) is 2. The van der Waals surface area contributed by atoms with Gasteiger partial charge < -0.3 is 19.7 Å². The van der Waals surface area contributed by atoms with Crippen LogP contribution in [0.5, 0.6) is 5.75 Å². The Morgan fingerprint density at radius 3 is 2.68 bits per heavy atom. The molecule has 1 atom stereocenters. The van der Waals surface area contributed by atoms with Gasteiger partial charge in [0.15, 0.2) is 0 Å². The lowest BCUT2D eigenvalue weighted by Gasteiger charge is -2.13. The molecule has 0 spiro atoms. The number of benzene rings is 2. The van der Waals surface area contributed by atoms with Crippen molar-refractivity contribution in [2.24, 2.45) is 0 Å². The number of para-hydroxylation sites is 3. The highest BCUT2D eigenvalue weighted by atomic mass is 16.5. The van der Waals surface area contributed by atoms with Crippen LogP contribution in [-0.2, 0) is 17.9 Å². The summed E-state index contributed by atoms with van der Waals surface area (Å²) in [6, 6.07) is 16.9. The molecular formula is C19H21N3O3. The molecule has 0 radical (unpaired) electrons. The van der Waals surface area contributed by atoms with Crippen LogP contribution in [0.1, 0.15) is 12.7 Å². The van der Waals surface area contributed by atoms with Crippen molar-refractivity contribution in [3.05, 3.63) is 60.4 Å². The summed E-state index contributed by atoms with van der Waals surface area (Å²) in [6.07, 6.45) is 0. The van der Waals surface area contributed by atoms with E-state index in [9.17, 15) is 4.79 Å². The fraction of sp³-hybridized carbons (Fsp3) is 0.263. The molecule has 1 amide bonds. The zero-order valence-corrected chi connectivity index (χ0v) is 14.1. The van der Waals surface area contributed by atoms with Gasteiger partial charge in [0, 0.05) is 6.04 Å². The minimum Gasteiger partial charge on any atom is -0.486 e. The van der Waals surface area contributed by atoms with Crippen molar-refractivity contribution in [2.45, 2.75) is 26.1 Å². The van der Waals surface area contributed by atoms with Gasteiger partial charge in [-0.15, -0.1) is 0 Å². The van der Waals surface area contributed by atoms with Crippen molar-refractivity contribution in [1.82, 2.24) is 14.9 Å². The second-order valence-electron chi connectivity index (χ2n) is 5.86. The van der Waals surface area contributed by atoms with E-state index in [2.05, 4.69) is 10.3 Å². The molecule has 1 unspecified atom stereocenters. The molecule has 1 aromatic heterocycles. The van der Waals surface area contributed by atoms with Crippen LogP contribution in [0.25, 0.3) is 11.0 Å². The number of aliphatic hydroxyl groups excluding tert-OH is 1. The average molecular weight is 339 g/mol. The van der Waals surface area contributed by atoms with Crippen molar-refractivity contribution in [2.75, 3.05) is 6.61 Å². The summed E-state index contributed by atoms with van der Waals surface area (Å²) in [6.45, 7) is 2.05. The molecule has 1 heterocycles. The van der Waals surface area contributed by atoms with Gasteiger partial charge in [-0.25, -0.2) is 4.98 Å². The Morgan fingerprint density at radius 1 is 1.20 bits per heavy atom. The van der Waals surface area contributed by atoms with Crippen LogP contribution < -0.4 is 10.1 Å². The maximum absolute atomic E-state index is 12.2. The second-order valence-corrected chi connectivity index (χ2v) is 5.86. The van der Waals surface area contributed by atoms with Gasteiger partial charge in [0.1, 0.15) is 24.7 Å². The van der Waals surface area contributed by atoms with Gasteiger partial charge in [0.2, 0.25) is 5.91 Å². The lowest BCUT2D eigenvalue weighted by molar-refractivity contribution is -0.122. The summed E-state index contributed by atoms with van der Waals surface area (Å²) in [5.74, 6) is 1.25. The number of aromatic nitrogens is 2. The van der Waals surface area contributed by atoms with Gasteiger partial charge in [-0.2, -0.15) is 0 Å². The third-order valence-electron chi connectivity index (χ3n) is 3.83. The predicted octanol–water partition coefficient (Wildman–Crippen LogP) is 2.11. The molecule has 3 rings (SSSR count). The summed E-state index contributed by atoms with van der Waals surface area (Å²) in [5, 5.41) is 11.8. The molecular weight excluding hydrogens is 318 g/mol. The Kier molecular flexibility index (Phi) is 5.30. The predicted molar refractivity (Wildman–Crippen MR) is 95.2 cm³/mol. The number of aliphatic hydroxyl groups is 1. The Bertz CT molecular complexity index is 846. The average Bonchev–Trinajstić information content (AvgIpc) is 2.98. The normalized spacial score (nSPS) is 12.1. The van der Waals surface area contributed by atoms with Crippen LogP contribution in [0, 0.1) is 0 Å². The number of carbonyl (C=O) groups excluding carboxylic acids is 1. The molecule has 6 heteroatoms. The summed E-state index contributed by atoms with van der Waals surface area (Å²) in [7, 11) is 0. The maximum Gasteiger partial charge on any atom is 0.240 e. The van der Waals surface area contributed by atoms with Gasteiger partial charge in [-0.1, -0.05) is 30.3 Å². The summed E-state index contributed by atoms with van der Waals surface area (Å²) >= 11 is 0. The molecule has 0 saturated carbocycles. The Labute approximate surface area is 146 Å². The number of imidazole rings is 1. The largest absolute Gasteiger partial charge is 0.486 e. The minimum absolute atomic E-state index is 0.0968. The summed E-state index contributed by atoms with van der Waals surface area (Å²) < 4.78 is 7.64. The lowest BCUT2D eigenvalue weighted by Crippen LogP contribution is -2.37. The van der Waals surface area contributed by atoms with Gasteiger partial charge in [-0.3, -0.25) is 4.79 Å². The number of ether oxygens (including phenoxy) is 1. The molecule has 0 bridgehead atoms. The maximum atomic E-state index is 12.2. The van der Waals surface area contributed by atoms with Crippen molar-refractivity contribution in [1.29, 1.82) is 0 Å². The first kappa shape index (κ1) is 17.0. The van der Waals surface area contributed by atoms with Gasteiger partial charge >= 0.3 is 0 Å². The highest BCUT2D eigenvalue weighted by Crippen LogP contribution is 2.18. The number of hydrogen-bond acceptors (Lipinski definition) is 4. The molecule has 0 aliphatic rings. The van der Waals surface area contributed by atoms with E-state index in [-0.39, 0.29) is 31.7 Å². The molecule has 0 aliphatic carbocycles. The Hall–Kier alpha value is -2.86. The van der Waals surface area contributed by atoms with E-state index in [1.54, 1.807) is 6.92 Å². The highest BCUT2D eigenvalue weighted by Gasteiger charge is 2.15. The van der Waals surface area contributed by atoms with Crippen LogP contribution in [0.3, 0.4) is 0 Å². The minimum atomic E-state index is -0.286. The van der Waals surface area contributed by atoms with Crippen molar-refractivity contribution in [3.63, 3.8) is 0 Å². The standard InChI is InChI=1S/C19H21N3O3/c1-14(12-23)20-19(24)11-22-17-10-6-5-9-16(17)21-18(22)13-25-15-7-3-2-4-8-15/h2-10,14,23H,11-13H2,1H3,(H,20,24). The van der Waals surface area contributed by atoms with E-state index in [1.165, 1.54) is 0 Å². The smallest absolute Gasteiger partial charge is 0.240 e. The number of fused-ring (bicyclic) bond motifs is 1. The van der Waals surface area contributed by atoms with Gasteiger partial charge in [-0.05, 0) is 31.2 Å². The van der Waals surface area contributed by atoms with Crippen LogP contribution in [0.15, 0.2) is 54.6 Å². The highest BCUT2D eigenvalue weighted by molar-refractivity contribution is 5.81. The van der Waals surface area contributed by atoms with E-state index in [0.29, 0.717) is 5.82 Å². The van der Waals surface area contributed by atoms with E-state index in [0.717, 1.165) is 16.8 Å². The van der Waals surface area contributed by atoms with Crippen molar-refractivity contribution in [3.8, 4) is 5.75 Å². The van der Waals surface area contributed by atoms with Crippen LogP contribution in [-0.4, -0.2) is 33.2 Å². The first-order chi connectivity index (χ1) is 12.2. The topological polar surface area (TPSA) is 76.4 Å². The molecule has 6 nitrogen and oxygen atoms in total. The zero-order chi connectivity index (χ0) is 17.6. The molecule has 2 N–H and O–H groups in total. The molecule has 3 aromatic rings. The van der Waals surface area contributed by atoms with E-state index in [1.807, 2.05) is 59.2 Å². The van der Waals surface area contributed by atoms with E-state index in [4.69, 9.17) is 9.84 Å².